The molecular formula is C14H29NO4. The summed E-state index contributed by atoms with van der Waals surface area (Å²) in [5.41, 5.74) is 0. The standard InChI is InChI=1S/C14H29NO4/c1-12(2)11-19-10-9-18-8-7-17-6-5-15-14(16)13(3)4/h12-13H,5-11H2,1-4H3,(H,15,16). The lowest BCUT2D eigenvalue weighted by Gasteiger charge is -2.09. The van der Waals surface area contributed by atoms with Crippen LogP contribution in [0, 0.1) is 11.8 Å². The highest BCUT2D eigenvalue weighted by atomic mass is 16.5. The van der Waals surface area contributed by atoms with Crippen LogP contribution >= 0.6 is 0 Å². The van der Waals surface area contributed by atoms with E-state index in [0.29, 0.717) is 45.5 Å². The van der Waals surface area contributed by atoms with Gasteiger partial charge in [0.25, 0.3) is 0 Å². The van der Waals surface area contributed by atoms with Crippen LogP contribution in [-0.4, -0.2) is 52.1 Å². The van der Waals surface area contributed by atoms with Gasteiger partial charge in [0, 0.05) is 19.1 Å². The summed E-state index contributed by atoms with van der Waals surface area (Å²) in [7, 11) is 0. The predicted octanol–water partition coefficient (Wildman–Crippen LogP) is 1.46. The number of nitrogens with one attached hydrogen (secondary N) is 1. The lowest BCUT2D eigenvalue weighted by Crippen LogP contribution is -2.31. The zero-order chi connectivity index (χ0) is 14.5. The first-order valence-electron chi connectivity index (χ1n) is 7.05. The fourth-order valence-corrected chi connectivity index (χ4v) is 1.21. The lowest BCUT2D eigenvalue weighted by molar-refractivity contribution is -0.124. The van der Waals surface area contributed by atoms with E-state index in [4.69, 9.17) is 14.2 Å². The number of hydrogen-bond acceptors (Lipinski definition) is 4. The molecule has 0 aromatic heterocycles. The molecule has 0 bridgehead atoms. The monoisotopic (exact) mass is 275 g/mol. The minimum absolute atomic E-state index is 0.0224. The Hall–Kier alpha value is -0.650. The maximum Gasteiger partial charge on any atom is 0.222 e. The van der Waals surface area contributed by atoms with Gasteiger partial charge in [-0.05, 0) is 5.92 Å². The number of ether oxygens (including phenoxy) is 3. The van der Waals surface area contributed by atoms with Gasteiger partial charge in [0.05, 0.1) is 33.0 Å². The summed E-state index contributed by atoms with van der Waals surface area (Å²) in [6, 6.07) is 0. The minimum Gasteiger partial charge on any atom is -0.379 e. The quantitative estimate of drug-likeness (QED) is 0.548. The molecule has 0 atom stereocenters. The van der Waals surface area contributed by atoms with Gasteiger partial charge in [-0.1, -0.05) is 27.7 Å². The Morgan fingerprint density at radius 2 is 1.42 bits per heavy atom. The Balaban J connectivity index is 3.09. The van der Waals surface area contributed by atoms with Crippen molar-refractivity contribution in [3.8, 4) is 0 Å². The van der Waals surface area contributed by atoms with E-state index in [0.717, 1.165) is 6.61 Å². The summed E-state index contributed by atoms with van der Waals surface area (Å²) in [5.74, 6) is 0.640. The van der Waals surface area contributed by atoms with Crippen LogP contribution in [-0.2, 0) is 19.0 Å². The summed E-state index contributed by atoms with van der Waals surface area (Å²) in [6.07, 6.45) is 0. The van der Waals surface area contributed by atoms with Crippen molar-refractivity contribution < 1.29 is 19.0 Å². The highest BCUT2D eigenvalue weighted by molar-refractivity contribution is 5.77. The van der Waals surface area contributed by atoms with Crippen LogP contribution in [0.3, 0.4) is 0 Å². The topological polar surface area (TPSA) is 56.8 Å². The number of carbonyl (C=O) groups excluding carboxylic acids is 1. The molecule has 5 heteroatoms. The molecule has 1 N–H and O–H groups in total. The third-order valence-electron chi connectivity index (χ3n) is 2.27. The molecule has 0 spiro atoms. The van der Waals surface area contributed by atoms with Gasteiger partial charge in [-0.15, -0.1) is 0 Å². The van der Waals surface area contributed by atoms with E-state index in [9.17, 15) is 4.79 Å². The normalized spacial score (nSPS) is 11.3. The van der Waals surface area contributed by atoms with E-state index >= 15 is 0 Å². The molecule has 0 aromatic rings. The van der Waals surface area contributed by atoms with Crippen LogP contribution in [0.2, 0.25) is 0 Å². The number of hydrogen-bond donors (Lipinski definition) is 1. The highest BCUT2D eigenvalue weighted by Gasteiger charge is 2.04. The summed E-state index contributed by atoms with van der Waals surface area (Å²) in [6.45, 7) is 12.1. The number of carbonyl (C=O) groups is 1. The fraction of sp³-hybridized carbons (Fsp3) is 0.929. The van der Waals surface area contributed by atoms with Crippen LogP contribution in [0.15, 0.2) is 0 Å². The van der Waals surface area contributed by atoms with Crippen molar-refractivity contribution in [2.24, 2.45) is 11.8 Å². The summed E-state index contributed by atoms with van der Waals surface area (Å²) < 4.78 is 16.0. The van der Waals surface area contributed by atoms with Crippen LogP contribution in [0.5, 0.6) is 0 Å². The molecular weight excluding hydrogens is 246 g/mol. The molecule has 0 aromatic carbocycles. The second-order valence-electron chi connectivity index (χ2n) is 5.14. The first-order valence-corrected chi connectivity index (χ1v) is 7.05. The average molecular weight is 275 g/mol. The van der Waals surface area contributed by atoms with E-state index in [1.165, 1.54) is 0 Å². The molecule has 0 aliphatic rings. The smallest absolute Gasteiger partial charge is 0.222 e. The van der Waals surface area contributed by atoms with E-state index in [1.807, 2.05) is 13.8 Å². The van der Waals surface area contributed by atoms with E-state index < -0.39 is 0 Å². The molecule has 5 nitrogen and oxygen atoms in total. The molecule has 0 aliphatic heterocycles. The minimum atomic E-state index is 0.0224. The molecule has 0 unspecified atom stereocenters. The molecule has 0 aliphatic carbocycles. The van der Waals surface area contributed by atoms with Crippen molar-refractivity contribution in [1.29, 1.82) is 0 Å². The zero-order valence-electron chi connectivity index (χ0n) is 12.7. The van der Waals surface area contributed by atoms with Crippen LogP contribution in [0.25, 0.3) is 0 Å². The van der Waals surface area contributed by atoms with Crippen molar-refractivity contribution >= 4 is 5.91 Å². The highest BCUT2D eigenvalue weighted by Crippen LogP contribution is 1.92. The van der Waals surface area contributed by atoms with Gasteiger partial charge in [-0.25, -0.2) is 0 Å². The van der Waals surface area contributed by atoms with Crippen molar-refractivity contribution in [2.75, 3.05) is 46.2 Å². The Kier molecular flexibility index (Phi) is 12.0. The molecule has 1 amide bonds. The fourth-order valence-electron chi connectivity index (χ4n) is 1.21. The Morgan fingerprint density at radius 3 is 1.95 bits per heavy atom. The number of rotatable bonds is 12. The summed E-state index contributed by atoms with van der Waals surface area (Å²) >= 11 is 0. The number of amides is 1. The van der Waals surface area contributed by atoms with Crippen molar-refractivity contribution in [2.45, 2.75) is 27.7 Å². The molecule has 0 fully saturated rings. The van der Waals surface area contributed by atoms with E-state index in [-0.39, 0.29) is 11.8 Å². The van der Waals surface area contributed by atoms with Gasteiger partial charge in [0.15, 0.2) is 0 Å². The van der Waals surface area contributed by atoms with Crippen molar-refractivity contribution in [3.05, 3.63) is 0 Å². The lowest BCUT2D eigenvalue weighted by atomic mass is 10.2. The van der Waals surface area contributed by atoms with Gasteiger partial charge in [0.1, 0.15) is 0 Å². The second-order valence-corrected chi connectivity index (χ2v) is 5.14. The maximum atomic E-state index is 11.2. The molecule has 0 rings (SSSR count). The third kappa shape index (κ3) is 13.6. The van der Waals surface area contributed by atoms with Gasteiger partial charge in [-0.3, -0.25) is 4.79 Å². The van der Waals surface area contributed by atoms with E-state index in [1.54, 1.807) is 0 Å². The SMILES string of the molecule is CC(C)COCCOCCOCCNC(=O)C(C)C. The Labute approximate surface area is 117 Å². The zero-order valence-corrected chi connectivity index (χ0v) is 12.7. The molecule has 0 radical (unpaired) electrons. The first-order chi connectivity index (χ1) is 9.04. The van der Waals surface area contributed by atoms with Crippen LogP contribution in [0.4, 0.5) is 0 Å². The van der Waals surface area contributed by atoms with Gasteiger partial charge >= 0.3 is 0 Å². The van der Waals surface area contributed by atoms with Crippen molar-refractivity contribution in [1.82, 2.24) is 5.32 Å². The first kappa shape index (κ1) is 18.4. The Morgan fingerprint density at radius 1 is 0.895 bits per heavy atom. The summed E-state index contributed by atoms with van der Waals surface area (Å²) in [5, 5.41) is 2.79. The average Bonchev–Trinajstić information content (AvgIpc) is 2.35. The molecule has 0 saturated carbocycles. The molecule has 19 heavy (non-hydrogen) atoms. The van der Waals surface area contributed by atoms with E-state index in [2.05, 4.69) is 19.2 Å². The largest absolute Gasteiger partial charge is 0.379 e. The van der Waals surface area contributed by atoms with Crippen molar-refractivity contribution in [3.63, 3.8) is 0 Å². The molecule has 114 valence electrons. The van der Waals surface area contributed by atoms with Crippen LogP contribution in [0.1, 0.15) is 27.7 Å². The van der Waals surface area contributed by atoms with Gasteiger partial charge in [0.2, 0.25) is 5.91 Å². The second kappa shape index (κ2) is 12.4. The molecule has 0 heterocycles. The van der Waals surface area contributed by atoms with Gasteiger partial charge in [-0.2, -0.15) is 0 Å². The van der Waals surface area contributed by atoms with Crippen LogP contribution < -0.4 is 5.32 Å². The molecule has 0 saturated heterocycles. The third-order valence-corrected chi connectivity index (χ3v) is 2.27. The summed E-state index contributed by atoms with van der Waals surface area (Å²) in [4.78, 5) is 11.2. The Bertz CT molecular complexity index is 219. The maximum absolute atomic E-state index is 11.2. The van der Waals surface area contributed by atoms with Gasteiger partial charge < -0.3 is 19.5 Å². The predicted molar refractivity (Wildman–Crippen MR) is 75.1 cm³/mol.